The molecular formula is C20H21N3O2S2. The summed E-state index contributed by atoms with van der Waals surface area (Å²) in [4.78, 5) is 19.3. The summed E-state index contributed by atoms with van der Waals surface area (Å²) in [7, 11) is 0. The summed E-state index contributed by atoms with van der Waals surface area (Å²) >= 11 is 3.39. The van der Waals surface area contributed by atoms with Gasteiger partial charge in [-0.25, -0.2) is 9.78 Å². The molecule has 2 aromatic heterocycles. The Labute approximate surface area is 165 Å². The number of thiophene rings is 1. The maximum atomic E-state index is 12.8. The zero-order valence-corrected chi connectivity index (χ0v) is 16.4. The highest BCUT2D eigenvalue weighted by molar-refractivity contribution is 7.18. The molecule has 2 amide bonds. The summed E-state index contributed by atoms with van der Waals surface area (Å²) < 4.78 is 1.13. The Balaban J connectivity index is 1.30. The van der Waals surface area contributed by atoms with Gasteiger partial charge in [0.25, 0.3) is 0 Å². The second kappa shape index (κ2) is 6.89. The summed E-state index contributed by atoms with van der Waals surface area (Å²) in [6.45, 7) is 1.32. The quantitative estimate of drug-likeness (QED) is 0.680. The fraction of sp³-hybridized carbons (Fsp3) is 0.400. The van der Waals surface area contributed by atoms with Gasteiger partial charge in [-0.3, -0.25) is 0 Å². The van der Waals surface area contributed by atoms with E-state index in [1.807, 2.05) is 28.5 Å². The van der Waals surface area contributed by atoms with Gasteiger partial charge in [0.15, 0.2) is 0 Å². The van der Waals surface area contributed by atoms with Crippen LogP contribution in [-0.4, -0.2) is 40.7 Å². The Hall–Kier alpha value is -1.96. The highest BCUT2D eigenvalue weighted by atomic mass is 32.1. The largest absolute Gasteiger partial charge is 0.396 e. The molecule has 0 bridgehead atoms. The molecule has 2 atom stereocenters. The van der Waals surface area contributed by atoms with Crippen molar-refractivity contribution in [2.75, 3.05) is 25.0 Å². The zero-order chi connectivity index (χ0) is 18.4. The van der Waals surface area contributed by atoms with Crippen molar-refractivity contribution >= 4 is 44.6 Å². The number of fused-ring (bicyclic) bond motifs is 1. The first kappa shape index (κ1) is 17.2. The second-order valence-electron chi connectivity index (χ2n) is 7.45. The lowest BCUT2D eigenvalue weighted by atomic mass is 9.92. The topological polar surface area (TPSA) is 65.5 Å². The molecule has 0 unspecified atom stereocenters. The first-order valence-corrected chi connectivity index (χ1v) is 11.1. The van der Waals surface area contributed by atoms with Gasteiger partial charge in [-0.15, -0.1) is 11.3 Å². The molecule has 1 saturated heterocycles. The fourth-order valence-corrected chi connectivity index (χ4v) is 5.71. The fourth-order valence-electron chi connectivity index (χ4n) is 3.81. The summed E-state index contributed by atoms with van der Waals surface area (Å²) in [6, 6.07) is 7.92. The first-order valence-electron chi connectivity index (χ1n) is 9.30. The maximum absolute atomic E-state index is 12.8. The molecule has 5 rings (SSSR count). The van der Waals surface area contributed by atoms with Crippen molar-refractivity contribution in [3.63, 3.8) is 0 Å². The third kappa shape index (κ3) is 3.35. The summed E-state index contributed by atoms with van der Waals surface area (Å²) in [5.41, 5.74) is 3.03. The second-order valence-corrected chi connectivity index (χ2v) is 9.29. The van der Waals surface area contributed by atoms with Crippen molar-refractivity contribution in [1.82, 2.24) is 9.88 Å². The van der Waals surface area contributed by atoms with E-state index in [1.165, 1.54) is 23.4 Å². The number of carbonyl (C=O) groups is 1. The molecule has 1 aliphatic heterocycles. The number of aliphatic hydroxyl groups is 1. The van der Waals surface area contributed by atoms with E-state index in [1.54, 1.807) is 22.7 Å². The van der Waals surface area contributed by atoms with E-state index in [2.05, 4.69) is 16.8 Å². The van der Waals surface area contributed by atoms with Crippen molar-refractivity contribution in [3.05, 3.63) is 45.6 Å². The van der Waals surface area contributed by atoms with Crippen LogP contribution < -0.4 is 5.32 Å². The third-order valence-electron chi connectivity index (χ3n) is 5.52. The normalized spacial score (nSPS) is 22.5. The van der Waals surface area contributed by atoms with E-state index in [4.69, 9.17) is 4.98 Å². The van der Waals surface area contributed by atoms with Crippen molar-refractivity contribution < 1.29 is 9.90 Å². The number of nitrogens with one attached hydrogen (secondary N) is 1. The van der Waals surface area contributed by atoms with Gasteiger partial charge in [-0.1, -0.05) is 0 Å². The number of anilines is 1. The van der Waals surface area contributed by atoms with Crippen molar-refractivity contribution in [2.24, 2.45) is 5.92 Å². The van der Waals surface area contributed by atoms with E-state index in [9.17, 15) is 9.90 Å². The van der Waals surface area contributed by atoms with E-state index < -0.39 is 0 Å². The Kier molecular flexibility index (Phi) is 4.38. The van der Waals surface area contributed by atoms with Crippen LogP contribution in [0.4, 0.5) is 10.5 Å². The number of rotatable bonds is 4. The Morgan fingerprint density at radius 3 is 2.93 bits per heavy atom. The number of aliphatic hydroxyl groups excluding tert-OH is 1. The van der Waals surface area contributed by atoms with Gasteiger partial charge in [0, 0.05) is 43.1 Å². The van der Waals surface area contributed by atoms with Crippen LogP contribution in [0.2, 0.25) is 0 Å². The molecule has 0 radical (unpaired) electrons. The van der Waals surface area contributed by atoms with Crippen molar-refractivity contribution in [1.29, 1.82) is 0 Å². The molecule has 1 saturated carbocycles. The van der Waals surface area contributed by atoms with Gasteiger partial charge in [0.2, 0.25) is 0 Å². The number of thiazole rings is 1. The Morgan fingerprint density at radius 2 is 2.19 bits per heavy atom. The van der Waals surface area contributed by atoms with E-state index in [-0.39, 0.29) is 24.5 Å². The molecule has 2 N–H and O–H groups in total. The van der Waals surface area contributed by atoms with Gasteiger partial charge < -0.3 is 15.3 Å². The van der Waals surface area contributed by atoms with Crippen molar-refractivity contribution in [3.8, 4) is 0 Å². The van der Waals surface area contributed by atoms with Crippen molar-refractivity contribution in [2.45, 2.75) is 24.7 Å². The minimum atomic E-state index is -0.0996. The number of hydrogen-bond donors (Lipinski definition) is 2. The van der Waals surface area contributed by atoms with E-state index >= 15 is 0 Å². The Morgan fingerprint density at radius 1 is 1.30 bits per heavy atom. The minimum absolute atomic E-state index is 0.0930. The molecular weight excluding hydrogens is 378 g/mol. The lowest BCUT2D eigenvalue weighted by Crippen LogP contribution is -2.33. The maximum Gasteiger partial charge on any atom is 0.321 e. The summed E-state index contributed by atoms with van der Waals surface area (Å²) in [6.07, 6.45) is 2.49. The smallest absolute Gasteiger partial charge is 0.321 e. The molecule has 7 heteroatoms. The SMILES string of the molecule is O=C(Nc1ccc2nc(C3CC3)sc2c1)N1C[C@@H](CO)[C@H](c2ccsc2)C1. The minimum Gasteiger partial charge on any atom is -0.396 e. The van der Waals surface area contributed by atoms with Crippen LogP contribution in [0.5, 0.6) is 0 Å². The number of amides is 2. The predicted octanol–water partition coefficient (Wildman–Crippen LogP) is 4.48. The van der Waals surface area contributed by atoms with Crippen LogP contribution in [0.15, 0.2) is 35.0 Å². The predicted molar refractivity (Wildman–Crippen MR) is 110 cm³/mol. The monoisotopic (exact) mass is 399 g/mol. The molecule has 5 nitrogen and oxygen atoms in total. The lowest BCUT2D eigenvalue weighted by molar-refractivity contribution is 0.207. The first-order chi connectivity index (χ1) is 13.2. The number of benzene rings is 1. The van der Waals surface area contributed by atoms with Gasteiger partial charge in [-0.2, -0.15) is 11.3 Å². The highest BCUT2D eigenvalue weighted by Gasteiger charge is 2.36. The van der Waals surface area contributed by atoms with Crippen LogP contribution in [0.3, 0.4) is 0 Å². The van der Waals surface area contributed by atoms with Crippen LogP contribution >= 0.6 is 22.7 Å². The molecule has 0 spiro atoms. The van der Waals surface area contributed by atoms with Crippen LogP contribution in [-0.2, 0) is 0 Å². The molecule has 2 aliphatic rings. The standard InChI is InChI=1S/C20H21N3O2S2/c24-10-14-8-23(9-16(14)13-5-6-26-11-13)20(25)21-15-3-4-17-18(7-15)27-19(22-17)12-1-2-12/h3-7,11-12,14,16,24H,1-2,8-10H2,(H,21,25)/t14-,16-/m0/s1. The summed E-state index contributed by atoms with van der Waals surface area (Å²) in [5.74, 6) is 0.946. The molecule has 2 fully saturated rings. The molecule has 3 heterocycles. The van der Waals surface area contributed by atoms with Gasteiger partial charge >= 0.3 is 6.03 Å². The van der Waals surface area contributed by atoms with Gasteiger partial charge in [0.05, 0.1) is 15.2 Å². The van der Waals surface area contributed by atoms with Gasteiger partial charge in [-0.05, 0) is 53.4 Å². The van der Waals surface area contributed by atoms with Gasteiger partial charge in [0.1, 0.15) is 0 Å². The average Bonchev–Trinajstić information content (AvgIpc) is 3.10. The van der Waals surface area contributed by atoms with E-state index in [0.29, 0.717) is 19.0 Å². The number of hydrogen-bond acceptors (Lipinski definition) is 5. The number of urea groups is 1. The number of carbonyl (C=O) groups excluding carboxylic acids is 1. The average molecular weight is 400 g/mol. The Bertz CT molecular complexity index is 965. The molecule has 1 aromatic carbocycles. The van der Waals surface area contributed by atoms with Crippen LogP contribution in [0.25, 0.3) is 10.2 Å². The lowest BCUT2D eigenvalue weighted by Gasteiger charge is -2.17. The number of aromatic nitrogens is 1. The molecule has 140 valence electrons. The number of nitrogens with zero attached hydrogens (tertiary/aromatic N) is 2. The van der Waals surface area contributed by atoms with E-state index in [0.717, 1.165) is 15.9 Å². The zero-order valence-electron chi connectivity index (χ0n) is 14.8. The number of likely N-dealkylation sites (tertiary alicyclic amines) is 1. The highest BCUT2D eigenvalue weighted by Crippen LogP contribution is 2.43. The summed E-state index contributed by atoms with van der Waals surface area (Å²) in [5, 5.41) is 18.1. The van der Waals surface area contributed by atoms with Crippen LogP contribution in [0, 0.1) is 5.92 Å². The third-order valence-corrected chi connectivity index (χ3v) is 7.40. The molecule has 3 aromatic rings. The molecule has 27 heavy (non-hydrogen) atoms. The molecule has 1 aliphatic carbocycles. The van der Waals surface area contributed by atoms with Crippen LogP contribution in [0.1, 0.15) is 35.2 Å².